The van der Waals surface area contributed by atoms with E-state index in [9.17, 15) is 9.59 Å². The highest BCUT2D eigenvalue weighted by Crippen LogP contribution is 2.29. The SMILES string of the molecule is O=C(CC(=O)Nc1c(Cl)cccc1Cl)NCCCc1ccccc1. The molecule has 2 aromatic carbocycles. The van der Waals surface area contributed by atoms with Gasteiger partial charge in [-0.15, -0.1) is 0 Å². The minimum Gasteiger partial charge on any atom is -0.356 e. The number of nitrogens with one attached hydrogen (secondary N) is 2. The summed E-state index contributed by atoms with van der Waals surface area (Å²) in [6.45, 7) is 0.522. The Kier molecular flexibility index (Phi) is 7.09. The van der Waals surface area contributed by atoms with Crippen LogP contribution >= 0.6 is 23.2 Å². The quantitative estimate of drug-likeness (QED) is 0.574. The first-order valence-electron chi connectivity index (χ1n) is 7.61. The van der Waals surface area contributed by atoms with E-state index in [0.717, 1.165) is 12.8 Å². The van der Waals surface area contributed by atoms with Crippen LogP contribution in [-0.2, 0) is 16.0 Å². The number of carbonyl (C=O) groups excluding carboxylic acids is 2. The van der Waals surface area contributed by atoms with Crippen LogP contribution in [0.5, 0.6) is 0 Å². The highest BCUT2D eigenvalue weighted by Gasteiger charge is 2.13. The van der Waals surface area contributed by atoms with Gasteiger partial charge in [0.1, 0.15) is 6.42 Å². The molecule has 126 valence electrons. The van der Waals surface area contributed by atoms with Gasteiger partial charge in [0, 0.05) is 6.54 Å². The first-order chi connectivity index (χ1) is 11.6. The van der Waals surface area contributed by atoms with Crippen molar-refractivity contribution in [3.05, 3.63) is 64.1 Å². The standard InChI is InChI=1S/C18H18Cl2N2O2/c19-14-9-4-10-15(20)18(14)22-17(24)12-16(23)21-11-5-8-13-6-2-1-3-7-13/h1-4,6-7,9-10H,5,8,11-12H2,(H,21,23)(H,22,24). The molecular formula is C18H18Cl2N2O2. The molecule has 0 spiro atoms. The molecule has 0 bridgehead atoms. The van der Waals surface area contributed by atoms with Crippen molar-refractivity contribution in [2.45, 2.75) is 19.3 Å². The fourth-order valence-corrected chi connectivity index (χ4v) is 2.67. The topological polar surface area (TPSA) is 58.2 Å². The number of hydrogen-bond donors (Lipinski definition) is 2. The average Bonchev–Trinajstić information content (AvgIpc) is 2.56. The van der Waals surface area contributed by atoms with Crippen molar-refractivity contribution in [2.24, 2.45) is 0 Å². The van der Waals surface area contributed by atoms with Gasteiger partial charge in [0.15, 0.2) is 0 Å². The fraction of sp³-hybridized carbons (Fsp3) is 0.222. The molecule has 2 aromatic rings. The Bertz CT molecular complexity index is 685. The van der Waals surface area contributed by atoms with Gasteiger partial charge in [-0.1, -0.05) is 59.6 Å². The summed E-state index contributed by atoms with van der Waals surface area (Å²) < 4.78 is 0. The molecule has 2 amide bonds. The number of para-hydroxylation sites is 1. The Morgan fingerprint density at radius 2 is 1.54 bits per heavy atom. The Hall–Kier alpha value is -2.04. The Balaban J connectivity index is 1.71. The summed E-state index contributed by atoms with van der Waals surface area (Å²) in [7, 11) is 0. The Morgan fingerprint density at radius 3 is 2.21 bits per heavy atom. The molecule has 4 nitrogen and oxygen atoms in total. The van der Waals surface area contributed by atoms with Crippen LogP contribution in [0.25, 0.3) is 0 Å². The number of aryl methyl sites for hydroxylation is 1. The third kappa shape index (κ3) is 5.87. The highest BCUT2D eigenvalue weighted by atomic mass is 35.5. The van der Waals surface area contributed by atoms with Crippen LogP contribution in [0.15, 0.2) is 48.5 Å². The lowest BCUT2D eigenvalue weighted by Crippen LogP contribution is -2.29. The van der Waals surface area contributed by atoms with Crippen molar-refractivity contribution >= 4 is 40.7 Å². The summed E-state index contributed by atoms with van der Waals surface area (Å²) in [6.07, 6.45) is 1.42. The lowest BCUT2D eigenvalue weighted by molar-refractivity contribution is -0.126. The van der Waals surface area contributed by atoms with Crippen LogP contribution in [0.3, 0.4) is 0 Å². The van der Waals surface area contributed by atoms with Crippen LogP contribution in [-0.4, -0.2) is 18.4 Å². The molecule has 6 heteroatoms. The van der Waals surface area contributed by atoms with E-state index in [1.54, 1.807) is 18.2 Å². The Labute approximate surface area is 151 Å². The molecule has 0 atom stereocenters. The molecule has 0 radical (unpaired) electrons. The molecule has 0 aliphatic rings. The van der Waals surface area contributed by atoms with Crippen molar-refractivity contribution in [2.75, 3.05) is 11.9 Å². The fourth-order valence-electron chi connectivity index (χ4n) is 2.17. The minimum absolute atomic E-state index is 0.271. The van der Waals surface area contributed by atoms with E-state index in [4.69, 9.17) is 23.2 Å². The van der Waals surface area contributed by atoms with Crippen molar-refractivity contribution in [3.63, 3.8) is 0 Å². The van der Waals surface area contributed by atoms with E-state index in [1.165, 1.54) is 5.56 Å². The van der Waals surface area contributed by atoms with Gasteiger partial charge < -0.3 is 10.6 Å². The van der Waals surface area contributed by atoms with Crippen LogP contribution < -0.4 is 10.6 Å². The second-order valence-corrected chi connectivity index (χ2v) is 6.08. The summed E-state index contributed by atoms with van der Waals surface area (Å²) in [6, 6.07) is 14.9. The summed E-state index contributed by atoms with van der Waals surface area (Å²) in [4.78, 5) is 23.7. The smallest absolute Gasteiger partial charge is 0.233 e. The maximum Gasteiger partial charge on any atom is 0.233 e. The molecule has 0 fully saturated rings. The predicted octanol–water partition coefficient (Wildman–Crippen LogP) is 4.07. The normalized spacial score (nSPS) is 10.2. The maximum atomic E-state index is 11.9. The molecule has 2 N–H and O–H groups in total. The van der Waals surface area contributed by atoms with Crippen molar-refractivity contribution in [1.29, 1.82) is 0 Å². The van der Waals surface area contributed by atoms with Crippen LogP contribution in [0, 0.1) is 0 Å². The van der Waals surface area contributed by atoms with Crippen LogP contribution in [0.4, 0.5) is 5.69 Å². The minimum atomic E-state index is -0.453. The molecule has 24 heavy (non-hydrogen) atoms. The molecular weight excluding hydrogens is 347 g/mol. The zero-order valence-electron chi connectivity index (χ0n) is 13.0. The Morgan fingerprint density at radius 1 is 0.875 bits per heavy atom. The molecule has 0 saturated carbocycles. The van der Waals surface area contributed by atoms with E-state index in [-0.39, 0.29) is 12.3 Å². The van der Waals surface area contributed by atoms with Gasteiger partial charge in [-0.05, 0) is 30.5 Å². The molecule has 0 aliphatic carbocycles. The van der Waals surface area contributed by atoms with E-state index >= 15 is 0 Å². The molecule has 0 aliphatic heterocycles. The van der Waals surface area contributed by atoms with Crippen molar-refractivity contribution in [3.8, 4) is 0 Å². The van der Waals surface area contributed by atoms with Gasteiger partial charge in [-0.25, -0.2) is 0 Å². The van der Waals surface area contributed by atoms with Crippen molar-refractivity contribution in [1.82, 2.24) is 5.32 Å². The number of anilines is 1. The van der Waals surface area contributed by atoms with E-state index in [1.807, 2.05) is 30.3 Å². The zero-order valence-corrected chi connectivity index (χ0v) is 14.5. The lowest BCUT2D eigenvalue weighted by atomic mass is 10.1. The average molecular weight is 365 g/mol. The van der Waals surface area contributed by atoms with Gasteiger partial charge in [0.2, 0.25) is 11.8 Å². The monoisotopic (exact) mass is 364 g/mol. The first kappa shape index (κ1) is 18.3. The molecule has 2 rings (SSSR count). The van der Waals surface area contributed by atoms with E-state index in [0.29, 0.717) is 22.3 Å². The van der Waals surface area contributed by atoms with E-state index < -0.39 is 5.91 Å². The second kappa shape index (κ2) is 9.30. The summed E-state index contributed by atoms with van der Waals surface area (Å²) in [5.74, 6) is -0.783. The summed E-state index contributed by atoms with van der Waals surface area (Å²) in [5.41, 5.74) is 1.54. The molecule has 0 saturated heterocycles. The van der Waals surface area contributed by atoms with Crippen molar-refractivity contribution < 1.29 is 9.59 Å². The largest absolute Gasteiger partial charge is 0.356 e. The summed E-state index contributed by atoms with van der Waals surface area (Å²) >= 11 is 11.9. The van der Waals surface area contributed by atoms with Gasteiger partial charge in [-0.3, -0.25) is 9.59 Å². The first-order valence-corrected chi connectivity index (χ1v) is 8.36. The van der Waals surface area contributed by atoms with E-state index in [2.05, 4.69) is 10.6 Å². The number of halogens is 2. The molecule has 0 unspecified atom stereocenters. The van der Waals surface area contributed by atoms with Crippen LogP contribution in [0.1, 0.15) is 18.4 Å². The third-order valence-corrected chi connectivity index (χ3v) is 3.99. The second-order valence-electron chi connectivity index (χ2n) is 5.26. The number of amides is 2. The van der Waals surface area contributed by atoms with Gasteiger partial charge in [0.05, 0.1) is 15.7 Å². The molecule has 0 heterocycles. The lowest BCUT2D eigenvalue weighted by Gasteiger charge is -2.09. The number of benzene rings is 2. The maximum absolute atomic E-state index is 11.9. The zero-order chi connectivity index (χ0) is 17.4. The van der Waals surface area contributed by atoms with Crippen LogP contribution in [0.2, 0.25) is 10.0 Å². The molecule has 0 aromatic heterocycles. The number of rotatable bonds is 7. The third-order valence-electron chi connectivity index (χ3n) is 3.36. The van der Waals surface area contributed by atoms with Gasteiger partial charge >= 0.3 is 0 Å². The number of carbonyl (C=O) groups is 2. The highest BCUT2D eigenvalue weighted by molar-refractivity contribution is 6.39. The number of hydrogen-bond acceptors (Lipinski definition) is 2. The van der Waals surface area contributed by atoms with Gasteiger partial charge in [0.25, 0.3) is 0 Å². The predicted molar refractivity (Wildman–Crippen MR) is 97.5 cm³/mol. The van der Waals surface area contributed by atoms with Gasteiger partial charge in [-0.2, -0.15) is 0 Å². The summed E-state index contributed by atoms with van der Waals surface area (Å²) in [5, 5.41) is 5.96.